The van der Waals surface area contributed by atoms with E-state index >= 15 is 0 Å². The molecule has 3 N–H and O–H groups in total. The number of aromatic carboxylic acids is 1. The highest BCUT2D eigenvalue weighted by Gasteiger charge is 2.21. The van der Waals surface area contributed by atoms with Crippen molar-refractivity contribution in [1.29, 1.82) is 5.26 Å². The smallest absolute Gasteiger partial charge is 0.345 e. The molecule has 1 aromatic carbocycles. The van der Waals surface area contributed by atoms with E-state index in [1.807, 2.05) is 6.07 Å². The van der Waals surface area contributed by atoms with Crippen LogP contribution in [0.15, 0.2) is 24.3 Å². The summed E-state index contributed by atoms with van der Waals surface area (Å²) in [5.74, 6) is -1.46. The lowest BCUT2D eigenvalue weighted by Gasteiger charge is -2.11. The molecule has 0 amide bonds. The van der Waals surface area contributed by atoms with Crippen molar-refractivity contribution in [2.75, 3.05) is 26.1 Å². The van der Waals surface area contributed by atoms with E-state index < -0.39 is 5.97 Å². The molecule has 118 valence electrons. The number of nitrogen functional groups attached to an aromatic ring is 1. The fourth-order valence-electron chi connectivity index (χ4n) is 1.84. The number of aromatic nitrogens is 2. The molecule has 8 heteroatoms. The number of nitriles is 1. The first-order valence-electron chi connectivity index (χ1n) is 6.60. The lowest BCUT2D eigenvalue weighted by molar-refractivity contribution is 0.0689. The highest BCUT2D eigenvalue weighted by atomic mass is 16.5. The van der Waals surface area contributed by atoms with Crippen molar-refractivity contribution in [2.45, 2.75) is 0 Å². The van der Waals surface area contributed by atoms with Crippen LogP contribution in [-0.4, -0.2) is 41.4 Å². The van der Waals surface area contributed by atoms with Crippen molar-refractivity contribution < 1.29 is 19.4 Å². The van der Waals surface area contributed by atoms with Gasteiger partial charge >= 0.3 is 5.97 Å². The van der Waals surface area contributed by atoms with Crippen LogP contribution in [0, 0.1) is 11.3 Å². The molecular formula is C15H14N4O4. The maximum Gasteiger partial charge on any atom is 0.345 e. The first-order chi connectivity index (χ1) is 11.1. The minimum absolute atomic E-state index is 0.116. The fraction of sp³-hybridized carbons (Fsp3) is 0.200. The zero-order valence-electron chi connectivity index (χ0n) is 12.3. The number of methoxy groups -OCH3 is 1. The Morgan fingerprint density at radius 1 is 1.39 bits per heavy atom. The summed E-state index contributed by atoms with van der Waals surface area (Å²) in [6.45, 7) is 0.382. The molecule has 1 aromatic heterocycles. The number of carboxylic acid groups (broad SMARTS) is 1. The van der Waals surface area contributed by atoms with Crippen LogP contribution >= 0.6 is 0 Å². The molecule has 8 nitrogen and oxygen atoms in total. The summed E-state index contributed by atoms with van der Waals surface area (Å²) in [6.07, 6.45) is 0. The van der Waals surface area contributed by atoms with E-state index in [0.29, 0.717) is 11.1 Å². The van der Waals surface area contributed by atoms with E-state index in [4.69, 9.17) is 20.5 Å². The summed E-state index contributed by atoms with van der Waals surface area (Å²) in [6, 6.07) is 8.58. The highest BCUT2D eigenvalue weighted by molar-refractivity contribution is 5.95. The average molecular weight is 314 g/mol. The maximum absolute atomic E-state index is 11.3. The monoisotopic (exact) mass is 314 g/mol. The van der Waals surface area contributed by atoms with Gasteiger partial charge in [0.2, 0.25) is 5.88 Å². The van der Waals surface area contributed by atoms with Crippen molar-refractivity contribution in [1.82, 2.24) is 9.97 Å². The lowest BCUT2D eigenvalue weighted by atomic mass is 10.1. The van der Waals surface area contributed by atoms with Crippen LogP contribution in [0.3, 0.4) is 0 Å². The lowest BCUT2D eigenvalue weighted by Crippen LogP contribution is -2.14. The molecule has 0 unspecified atom stereocenters. The number of nitrogens with zero attached hydrogens (tertiary/aromatic N) is 3. The minimum Gasteiger partial charge on any atom is -0.477 e. The second kappa shape index (κ2) is 7.20. The number of carbonyl (C=O) groups is 1. The summed E-state index contributed by atoms with van der Waals surface area (Å²) < 4.78 is 10.2. The number of nitrogens with two attached hydrogens (primary N) is 1. The molecule has 0 saturated heterocycles. The Kier molecular flexibility index (Phi) is 5.07. The standard InChI is InChI=1S/C15H14N4O4/c1-22-5-6-23-14-11(15(20)21)12(17)18-13(19-14)10-4-2-3-9(7-10)8-16/h2-4,7H,5-6H2,1H3,(H,20,21)(H2,17,18,19). The van der Waals surface area contributed by atoms with Gasteiger partial charge in [0.15, 0.2) is 11.4 Å². The molecular weight excluding hydrogens is 300 g/mol. The van der Waals surface area contributed by atoms with Crippen LogP contribution in [-0.2, 0) is 4.74 Å². The number of carboxylic acids is 1. The van der Waals surface area contributed by atoms with Gasteiger partial charge in [0, 0.05) is 12.7 Å². The van der Waals surface area contributed by atoms with Gasteiger partial charge in [-0.05, 0) is 12.1 Å². The molecule has 0 fully saturated rings. The molecule has 0 aliphatic carbocycles. The van der Waals surface area contributed by atoms with Gasteiger partial charge in [-0.2, -0.15) is 10.2 Å². The van der Waals surface area contributed by atoms with E-state index in [0.717, 1.165) is 0 Å². The third kappa shape index (κ3) is 3.72. The van der Waals surface area contributed by atoms with Crippen LogP contribution in [0.2, 0.25) is 0 Å². The fourth-order valence-corrected chi connectivity index (χ4v) is 1.84. The summed E-state index contributed by atoms with van der Waals surface area (Å²) in [5.41, 5.74) is 6.38. The van der Waals surface area contributed by atoms with Crippen LogP contribution in [0.25, 0.3) is 11.4 Å². The number of anilines is 1. The SMILES string of the molecule is COCCOc1nc(-c2cccc(C#N)c2)nc(N)c1C(=O)O. The number of rotatable bonds is 6. The van der Waals surface area contributed by atoms with Crippen molar-refractivity contribution in [2.24, 2.45) is 0 Å². The van der Waals surface area contributed by atoms with Crippen LogP contribution in [0.5, 0.6) is 5.88 Å². The Morgan fingerprint density at radius 3 is 2.83 bits per heavy atom. The summed E-state index contributed by atoms with van der Waals surface area (Å²) in [5, 5.41) is 18.2. The normalized spacial score (nSPS) is 10.1. The van der Waals surface area contributed by atoms with Gasteiger partial charge in [-0.15, -0.1) is 0 Å². The quantitative estimate of drug-likeness (QED) is 0.763. The van der Waals surface area contributed by atoms with Crippen molar-refractivity contribution in [3.8, 4) is 23.3 Å². The number of hydrogen-bond donors (Lipinski definition) is 2. The van der Waals surface area contributed by atoms with Gasteiger partial charge in [-0.3, -0.25) is 0 Å². The van der Waals surface area contributed by atoms with Gasteiger partial charge < -0.3 is 20.3 Å². The molecule has 0 radical (unpaired) electrons. The molecule has 1 heterocycles. The second-order valence-corrected chi connectivity index (χ2v) is 4.45. The first-order valence-corrected chi connectivity index (χ1v) is 6.60. The molecule has 0 spiro atoms. The number of hydrogen-bond acceptors (Lipinski definition) is 7. The molecule has 0 aliphatic rings. The van der Waals surface area contributed by atoms with E-state index in [9.17, 15) is 9.90 Å². The Balaban J connectivity index is 2.49. The molecule has 0 aliphatic heterocycles. The van der Waals surface area contributed by atoms with Crippen LogP contribution in [0.1, 0.15) is 15.9 Å². The predicted octanol–water partition coefficient (Wildman–Crippen LogP) is 1.32. The molecule has 0 saturated carbocycles. The second-order valence-electron chi connectivity index (χ2n) is 4.45. The van der Waals surface area contributed by atoms with Gasteiger partial charge in [0.1, 0.15) is 12.4 Å². The van der Waals surface area contributed by atoms with Gasteiger partial charge in [-0.1, -0.05) is 12.1 Å². The maximum atomic E-state index is 11.3. The van der Waals surface area contributed by atoms with Crippen molar-refractivity contribution in [3.05, 3.63) is 35.4 Å². The summed E-state index contributed by atoms with van der Waals surface area (Å²) >= 11 is 0. The third-order valence-electron chi connectivity index (χ3n) is 2.89. The van der Waals surface area contributed by atoms with Crippen LogP contribution in [0.4, 0.5) is 5.82 Å². The Hall–Kier alpha value is -3.18. The van der Waals surface area contributed by atoms with Crippen LogP contribution < -0.4 is 10.5 Å². The molecule has 0 bridgehead atoms. The summed E-state index contributed by atoms with van der Waals surface area (Å²) in [7, 11) is 1.49. The van der Waals surface area contributed by atoms with Crippen molar-refractivity contribution in [3.63, 3.8) is 0 Å². The Morgan fingerprint density at radius 2 is 2.17 bits per heavy atom. The third-order valence-corrected chi connectivity index (χ3v) is 2.89. The minimum atomic E-state index is -1.28. The largest absolute Gasteiger partial charge is 0.477 e. The van der Waals surface area contributed by atoms with E-state index in [2.05, 4.69) is 9.97 Å². The Labute approximate surface area is 132 Å². The highest BCUT2D eigenvalue weighted by Crippen LogP contribution is 2.26. The van der Waals surface area contributed by atoms with Crippen molar-refractivity contribution >= 4 is 11.8 Å². The van der Waals surface area contributed by atoms with Gasteiger partial charge in [0.05, 0.1) is 18.2 Å². The summed E-state index contributed by atoms with van der Waals surface area (Å²) in [4.78, 5) is 19.4. The topological polar surface area (TPSA) is 131 Å². The zero-order valence-corrected chi connectivity index (χ0v) is 12.3. The zero-order chi connectivity index (χ0) is 16.8. The van der Waals surface area contributed by atoms with Gasteiger partial charge in [0.25, 0.3) is 0 Å². The predicted molar refractivity (Wildman–Crippen MR) is 80.9 cm³/mol. The van der Waals surface area contributed by atoms with E-state index in [1.165, 1.54) is 7.11 Å². The van der Waals surface area contributed by atoms with E-state index in [-0.39, 0.29) is 36.3 Å². The average Bonchev–Trinajstić information content (AvgIpc) is 2.54. The molecule has 2 aromatic rings. The molecule has 23 heavy (non-hydrogen) atoms. The number of benzene rings is 1. The molecule has 2 rings (SSSR count). The van der Waals surface area contributed by atoms with Gasteiger partial charge in [-0.25, -0.2) is 9.78 Å². The van der Waals surface area contributed by atoms with E-state index in [1.54, 1.807) is 24.3 Å². The first kappa shape index (κ1) is 16.2. The molecule has 0 atom stereocenters. The Bertz CT molecular complexity index is 771. The number of ether oxygens (including phenoxy) is 2.